The van der Waals surface area contributed by atoms with Gasteiger partial charge in [-0.25, -0.2) is 0 Å². The fourth-order valence-corrected chi connectivity index (χ4v) is 2.51. The van der Waals surface area contributed by atoms with Crippen LogP contribution in [0, 0.1) is 0 Å². The first-order valence-corrected chi connectivity index (χ1v) is 7.95. The molecule has 0 spiro atoms. The third-order valence-electron chi connectivity index (χ3n) is 3.84. The summed E-state index contributed by atoms with van der Waals surface area (Å²) in [5.41, 5.74) is 1.77. The van der Waals surface area contributed by atoms with Gasteiger partial charge in [0.05, 0.1) is 13.2 Å². The Hall–Kier alpha value is -1.63. The molecule has 2 rings (SSSR count). The van der Waals surface area contributed by atoms with Crippen molar-refractivity contribution < 1.29 is 14.3 Å². The number of ether oxygens (including phenoxy) is 1. The molecular formula is C17H26ClN3O3. The molecule has 1 atom stereocenters. The summed E-state index contributed by atoms with van der Waals surface area (Å²) in [6.45, 7) is 7.86. The highest BCUT2D eigenvalue weighted by Crippen LogP contribution is 2.14. The number of carbonyl (C=O) groups excluding carboxylic acids is 2. The molecule has 2 amide bonds. The van der Waals surface area contributed by atoms with E-state index in [1.165, 1.54) is 0 Å². The Kier molecular flexibility index (Phi) is 8.18. The van der Waals surface area contributed by atoms with E-state index >= 15 is 0 Å². The molecule has 6 nitrogen and oxygen atoms in total. The van der Waals surface area contributed by atoms with E-state index in [-0.39, 0.29) is 36.3 Å². The Morgan fingerprint density at radius 1 is 1.33 bits per heavy atom. The average Bonchev–Trinajstić information content (AvgIpc) is 2.54. The van der Waals surface area contributed by atoms with E-state index in [0.717, 1.165) is 11.3 Å². The van der Waals surface area contributed by atoms with Crippen molar-refractivity contribution in [2.24, 2.45) is 0 Å². The van der Waals surface area contributed by atoms with E-state index in [2.05, 4.69) is 10.6 Å². The zero-order chi connectivity index (χ0) is 16.8. The van der Waals surface area contributed by atoms with Crippen LogP contribution in [0.4, 0.5) is 5.69 Å². The first-order valence-electron chi connectivity index (χ1n) is 7.95. The fourth-order valence-electron chi connectivity index (χ4n) is 2.51. The summed E-state index contributed by atoms with van der Waals surface area (Å²) in [5.74, 6) is -0.0363. The third-order valence-corrected chi connectivity index (χ3v) is 3.84. The van der Waals surface area contributed by atoms with E-state index < -0.39 is 0 Å². The van der Waals surface area contributed by atoms with Crippen molar-refractivity contribution in [3.05, 3.63) is 29.8 Å². The molecule has 1 aliphatic rings. The summed E-state index contributed by atoms with van der Waals surface area (Å²) in [6, 6.07) is 7.42. The fraction of sp³-hybridized carbons (Fsp3) is 0.529. The Labute approximate surface area is 149 Å². The van der Waals surface area contributed by atoms with Gasteiger partial charge >= 0.3 is 0 Å². The van der Waals surface area contributed by atoms with Crippen LogP contribution in [0.25, 0.3) is 0 Å². The average molecular weight is 356 g/mol. The number of amides is 2. The Balaban J connectivity index is 0.00000288. The molecule has 7 heteroatoms. The molecule has 1 unspecified atom stereocenters. The maximum Gasteiger partial charge on any atom is 0.243 e. The minimum atomic E-state index is -0.308. The lowest BCUT2D eigenvalue weighted by Crippen LogP contribution is -2.48. The molecule has 2 N–H and O–H groups in total. The molecular weight excluding hydrogens is 330 g/mol. The predicted molar refractivity (Wildman–Crippen MR) is 96.3 cm³/mol. The summed E-state index contributed by atoms with van der Waals surface area (Å²) in [5, 5.41) is 6.00. The molecule has 1 saturated heterocycles. The van der Waals surface area contributed by atoms with E-state index in [9.17, 15) is 9.59 Å². The minimum Gasteiger partial charge on any atom is -0.378 e. The lowest BCUT2D eigenvalue weighted by Gasteiger charge is -2.25. The number of hydrogen-bond donors (Lipinski definition) is 2. The Morgan fingerprint density at radius 2 is 2.00 bits per heavy atom. The van der Waals surface area contributed by atoms with Crippen molar-refractivity contribution >= 4 is 29.9 Å². The minimum absolute atomic E-state index is 0. The molecule has 0 aliphatic carbocycles. The highest BCUT2D eigenvalue weighted by Gasteiger charge is 2.21. The first-order chi connectivity index (χ1) is 11.0. The molecule has 0 aromatic heterocycles. The van der Waals surface area contributed by atoms with E-state index in [4.69, 9.17) is 4.74 Å². The summed E-state index contributed by atoms with van der Waals surface area (Å²) >= 11 is 0. The lowest BCUT2D eigenvalue weighted by atomic mass is 10.1. The van der Waals surface area contributed by atoms with E-state index in [0.29, 0.717) is 26.3 Å². The largest absolute Gasteiger partial charge is 0.378 e. The van der Waals surface area contributed by atoms with Crippen LogP contribution in [0.5, 0.6) is 0 Å². The van der Waals surface area contributed by atoms with Crippen LogP contribution in [0.2, 0.25) is 0 Å². The molecule has 0 radical (unpaired) electrons. The van der Waals surface area contributed by atoms with Crippen molar-refractivity contribution in [1.29, 1.82) is 0 Å². The molecule has 134 valence electrons. The lowest BCUT2D eigenvalue weighted by molar-refractivity contribution is -0.131. The van der Waals surface area contributed by atoms with Gasteiger partial charge in [0.1, 0.15) is 6.04 Å². The summed E-state index contributed by atoms with van der Waals surface area (Å²) < 4.78 is 5.29. The molecule has 1 heterocycles. The maximum atomic E-state index is 12.1. The molecule has 0 saturated carbocycles. The Morgan fingerprint density at radius 3 is 2.50 bits per heavy atom. The van der Waals surface area contributed by atoms with Crippen LogP contribution in [-0.2, 0) is 20.9 Å². The van der Waals surface area contributed by atoms with Gasteiger partial charge in [-0.2, -0.15) is 0 Å². The highest BCUT2D eigenvalue weighted by molar-refractivity contribution is 5.95. The number of nitrogens with one attached hydrogen (secondary N) is 2. The van der Waals surface area contributed by atoms with Crippen molar-refractivity contribution in [3.8, 4) is 0 Å². The van der Waals surface area contributed by atoms with Gasteiger partial charge in [0.25, 0.3) is 0 Å². The quantitative estimate of drug-likeness (QED) is 0.844. The van der Waals surface area contributed by atoms with Crippen LogP contribution in [0.15, 0.2) is 24.3 Å². The third kappa shape index (κ3) is 5.78. The van der Waals surface area contributed by atoms with Crippen LogP contribution < -0.4 is 10.6 Å². The van der Waals surface area contributed by atoms with Crippen molar-refractivity contribution in [2.45, 2.75) is 39.4 Å². The van der Waals surface area contributed by atoms with Gasteiger partial charge in [-0.15, -0.1) is 12.4 Å². The monoisotopic (exact) mass is 355 g/mol. The van der Waals surface area contributed by atoms with Gasteiger partial charge in [-0.1, -0.05) is 12.1 Å². The van der Waals surface area contributed by atoms with Crippen molar-refractivity contribution in [1.82, 2.24) is 10.2 Å². The maximum absolute atomic E-state index is 12.1. The van der Waals surface area contributed by atoms with Gasteiger partial charge in [0.2, 0.25) is 11.8 Å². The van der Waals surface area contributed by atoms with Crippen molar-refractivity contribution in [3.63, 3.8) is 0 Å². The number of morpholine rings is 1. The van der Waals surface area contributed by atoms with Gasteiger partial charge in [0, 0.05) is 31.7 Å². The smallest absolute Gasteiger partial charge is 0.243 e. The van der Waals surface area contributed by atoms with E-state index in [1.54, 1.807) is 11.8 Å². The Bertz CT molecular complexity index is 543. The second-order valence-electron chi connectivity index (χ2n) is 6.01. The first kappa shape index (κ1) is 20.4. The molecule has 1 aromatic carbocycles. The van der Waals surface area contributed by atoms with Crippen LogP contribution in [0.3, 0.4) is 0 Å². The number of hydrogen-bond acceptors (Lipinski definition) is 4. The number of benzene rings is 1. The second-order valence-corrected chi connectivity index (χ2v) is 6.01. The second kappa shape index (κ2) is 9.61. The summed E-state index contributed by atoms with van der Waals surface area (Å²) in [6.07, 6.45) is 0. The molecule has 24 heavy (non-hydrogen) atoms. The van der Waals surface area contributed by atoms with Crippen LogP contribution in [-0.4, -0.2) is 48.6 Å². The number of anilines is 1. The normalized spacial score (nSPS) is 17.1. The van der Waals surface area contributed by atoms with Gasteiger partial charge < -0.3 is 20.3 Å². The molecule has 0 bridgehead atoms. The summed E-state index contributed by atoms with van der Waals surface area (Å²) in [7, 11) is 0. The zero-order valence-electron chi connectivity index (χ0n) is 14.4. The SMILES string of the molecule is CC(=O)N(Cc1ccc(NC(=O)C2COCCN2)cc1)C(C)C.Cl. The number of nitrogens with zero attached hydrogens (tertiary/aromatic N) is 1. The van der Waals surface area contributed by atoms with Crippen LogP contribution >= 0.6 is 12.4 Å². The predicted octanol–water partition coefficient (Wildman–Crippen LogP) is 1.79. The van der Waals surface area contributed by atoms with Gasteiger partial charge in [-0.05, 0) is 31.5 Å². The van der Waals surface area contributed by atoms with Crippen LogP contribution in [0.1, 0.15) is 26.3 Å². The summed E-state index contributed by atoms with van der Waals surface area (Å²) in [4.78, 5) is 25.5. The molecule has 1 aromatic rings. The van der Waals surface area contributed by atoms with Gasteiger partial charge in [0.15, 0.2) is 0 Å². The number of rotatable bonds is 5. The van der Waals surface area contributed by atoms with Crippen molar-refractivity contribution in [2.75, 3.05) is 25.1 Å². The molecule has 1 aliphatic heterocycles. The standard InChI is InChI=1S/C17H25N3O3.ClH/c1-12(2)20(13(3)21)10-14-4-6-15(7-5-14)19-17(22)16-11-23-9-8-18-16;/h4-7,12,16,18H,8-11H2,1-3H3,(H,19,22);1H. The van der Waals surface area contributed by atoms with E-state index in [1.807, 2.05) is 38.1 Å². The molecule has 1 fully saturated rings. The zero-order valence-corrected chi connectivity index (χ0v) is 15.2. The number of halogens is 1. The topological polar surface area (TPSA) is 70.7 Å². The highest BCUT2D eigenvalue weighted by atomic mass is 35.5. The number of carbonyl (C=O) groups is 2. The van der Waals surface area contributed by atoms with Gasteiger partial charge in [-0.3, -0.25) is 9.59 Å².